The Hall–Kier alpha value is -1.55. The average Bonchev–Trinajstić information content (AvgIpc) is 2.82. The summed E-state index contributed by atoms with van der Waals surface area (Å²) in [4.78, 5) is 14.1. The molecule has 0 atom stereocenters. The number of aryl methyl sites for hydroxylation is 1. The maximum absolute atomic E-state index is 13.4. The van der Waals surface area contributed by atoms with Gasteiger partial charge in [-0.1, -0.05) is 19.1 Å². The van der Waals surface area contributed by atoms with Gasteiger partial charge in [0, 0.05) is 22.6 Å². The maximum Gasteiger partial charge on any atom is 0.162 e. The van der Waals surface area contributed by atoms with Crippen molar-refractivity contribution in [1.82, 2.24) is 0 Å². The van der Waals surface area contributed by atoms with E-state index in [-0.39, 0.29) is 24.2 Å². The van der Waals surface area contributed by atoms with Crippen molar-refractivity contribution in [1.29, 1.82) is 0 Å². The van der Waals surface area contributed by atoms with Crippen molar-refractivity contribution < 1.29 is 13.6 Å². The largest absolute Gasteiger partial charge is 0.299 e. The van der Waals surface area contributed by atoms with Crippen LogP contribution in [0.4, 0.5) is 8.78 Å². The van der Waals surface area contributed by atoms with Crippen LogP contribution in [-0.2, 0) is 24.1 Å². The first kappa shape index (κ1) is 13.9. The van der Waals surface area contributed by atoms with Crippen LogP contribution in [0, 0.1) is 11.6 Å². The van der Waals surface area contributed by atoms with Crippen molar-refractivity contribution in [3.05, 3.63) is 57.3 Å². The third kappa shape index (κ3) is 3.47. The van der Waals surface area contributed by atoms with Gasteiger partial charge < -0.3 is 0 Å². The summed E-state index contributed by atoms with van der Waals surface area (Å²) in [6, 6.07) is 7.83. The molecule has 1 nitrogen and oxygen atoms in total. The van der Waals surface area contributed by atoms with Crippen LogP contribution >= 0.6 is 11.3 Å². The van der Waals surface area contributed by atoms with Crippen LogP contribution in [0.3, 0.4) is 0 Å². The van der Waals surface area contributed by atoms with Gasteiger partial charge in [-0.2, -0.15) is 0 Å². The van der Waals surface area contributed by atoms with E-state index in [4.69, 9.17) is 0 Å². The first-order valence-electron chi connectivity index (χ1n) is 6.12. The molecule has 0 radical (unpaired) electrons. The van der Waals surface area contributed by atoms with Crippen LogP contribution in [-0.4, -0.2) is 5.78 Å². The Bertz CT molecular complexity index is 590. The molecule has 1 aromatic heterocycles. The van der Waals surface area contributed by atoms with Gasteiger partial charge in [-0.3, -0.25) is 4.79 Å². The molecular formula is C15H14F2OS. The molecule has 1 heterocycles. The zero-order valence-electron chi connectivity index (χ0n) is 10.6. The molecule has 4 heteroatoms. The van der Waals surface area contributed by atoms with Gasteiger partial charge in [-0.15, -0.1) is 11.3 Å². The predicted octanol–water partition coefficient (Wildman–Crippen LogP) is 3.94. The molecule has 0 fully saturated rings. The molecule has 0 N–H and O–H groups in total. The van der Waals surface area contributed by atoms with Crippen molar-refractivity contribution in [2.45, 2.75) is 26.2 Å². The minimum atomic E-state index is -0.920. The highest BCUT2D eigenvalue weighted by Crippen LogP contribution is 2.19. The SMILES string of the molecule is CCc1ccc(CC(=O)Cc2cccc(F)c2F)s1. The summed E-state index contributed by atoms with van der Waals surface area (Å²) in [5.74, 6) is -1.93. The average molecular weight is 280 g/mol. The lowest BCUT2D eigenvalue weighted by molar-refractivity contribution is -0.117. The van der Waals surface area contributed by atoms with Crippen LogP contribution in [0.25, 0.3) is 0 Å². The zero-order chi connectivity index (χ0) is 13.8. The lowest BCUT2D eigenvalue weighted by Gasteiger charge is -2.02. The number of hydrogen-bond donors (Lipinski definition) is 0. The molecule has 100 valence electrons. The number of Topliss-reactive ketones (excluding diaryl/α,β-unsaturated/α-hetero) is 1. The van der Waals surface area contributed by atoms with E-state index >= 15 is 0 Å². The summed E-state index contributed by atoms with van der Waals surface area (Å²) in [5, 5.41) is 0. The number of carbonyl (C=O) groups excluding carboxylic acids is 1. The Labute approximate surface area is 114 Å². The second-order valence-electron chi connectivity index (χ2n) is 4.33. The van der Waals surface area contributed by atoms with E-state index in [1.165, 1.54) is 17.0 Å². The lowest BCUT2D eigenvalue weighted by atomic mass is 10.1. The summed E-state index contributed by atoms with van der Waals surface area (Å²) < 4.78 is 26.5. The predicted molar refractivity (Wildman–Crippen MR) is 72.5 cm³/mol. The normalized spacial score (nSPS) is 10.7. The number of benzene rings is 1. The fourth-order valence-corrected chi connectivity index (χ4v) is 2.85. The molecule has 2 rings (SSSR count). The van der Waals surface area contributed by atoms with Crippen molar-refractivity contribution in [2.75, 3.05) is 0 Å². The smallest absolute Gasteiger partial charge is 0.162 e. The van der Waals surface area contributed by atoms with Crippen molar-refractivity contribution in [3.8, 4) is 0 Å². The first-order chi connectivity index (χ1) is 9.10. The minimum absolute atomic E-state index is 0.0665. The lowest BCUT2D eigenvalue weighted by Crippen LogP contribution is -2.07. The Balaban J connectivity index is 2.03. The molecule has 0 aliphatic carbocycles. The third-order valence-electron chi connectivity index (χ3n) is 2.86. The van der Waals surface area contributed by atoms with E-state index in [0.717, 1.165) is 17.4 Å². The van der Waals surface area contributed by atoms with Crippen molar-refractivity contribution in [2.24, 2.45) is 0 Å². The second-order valence-corrected chi connectivity index (χ2v) is 5.58. The second kappa shape index (κ2) is 6.06. The Kier molecular flexibility index (Phi) is 4.43. The molecule has 1 aromatic carbocycles. The van der Waals surface area contributed by atoms with Gasteiger partial charge in [-0.05, 0) is 30.2 Å². The first-order valence-corrected chi connectivity index (χ1v) is 6.94. The molecule has 0 unspecified atom stereocenters. The molecule has 0 aliphatic rings. The summed E-state index contributed by atoms with van der Waals surface area (Å²) in [6.45, 7) is 2.06. The monoisotopic (exact) mass is 280 g/mol. The third-order valence-corrected chi connectivity index (χ3v) is 4.09. The van der Waals surface area contributed by atoms with E-state index in [2.05, 4.69) is 6.92 Å². The summed E-state index contributed by atoms with van der Waals surface area (Å²) >= 11 is 1.59. The Morgan fingerprint density at radius 3 is 2.53 bits per heavy atom. The molecule has 19 heavy (non-hydrogen) atoms. The van der Waals surface area contributed by atoms with Gasteiger partial charge in [0.25, 0.3) is 0 Å². The number of halogens is 2. The molecular weight excluding hydrogens is 266 g/mol. The van der Waals surface area contributed by atoms with Gasteiger partial charge in [-0.25, -0.2) is 8.78 Å². The molecule has 0 bridgehead atoms. The van der Waals surface area contributed by atoms with Crippen molar-refractivity contribution in [3.63, 3.8) is 0 Å². The highest BCUT2D eigenvalue weighted by molar-refractivity contribution is 7.12. The van der Waals surface area contributed by atoms with E-state index in [9.17, 15) is 13.6 Å². The van der Waals surface area contributed by atoms with Crippen molar-refractivity contribution >= 4 is 17.1 Å². The fourth-order valence-electron chi connectivity index (χ4n) is 1.86. The van der Waals surface area contributed by atoms with E-state index in [1.807, 2.05) is 12.1 Å². The van der Waals surface area contributed by atoms with Crippen LogP contribution in [0.2, 0.25) is 0 Å². The summed E-state index contributed by atoms with van der Waals surface area (Å²) in [5.41, 5.74) is 0.122. The fraction of sp³-hybridized carbons (Fsp3) is 0.267. The molecule has 0 saturated carbocycles. The minimum Gasteiger partial charge on any atom is -0.299 e. The molecule has 0 amide bonds. The van der Waals surface area contributed by atoms with Crippen LogP contribution < -0.4 is 0 Å². The number of carbonyl (C=O) groups is 1. The van der Waals surface area contributed by atoms with Gasteiger partial charge >= 0.3 is 0 Å². The standard InChI is InChI=1S/C15H14F2OS/c1-2-12-6-7-13(19-12)9-11(18)8-10-4-3-5-14(16)15(10)17/h3-7H,2,8-9H2,1H3. The van der Waals surface area contributed by atoms with Gasteiger partial charge in [0.05, 0.1) is 0 Å². The number of hydrogen-bond acceptors (Lipinski definition) is 2. The highest BCUT2D eigenvalue weighted by atomic mass is 32.1. The van der Waals surface area contributed by atoms with Crippen LogP contribution in [0.1, 0.15) is 22.2 Å². The summed E-state index contributed by atoms with van der Waals surface area (Å²) in [6.07, 6.45) is 1.15. The maximum atomic E-state index is 13.4. The van der Waals surface area contributed by atoms with Gasteiger partial charge in [0.15, 0.2) is 11.6 Å². The Morgan fingerprint density at radius 1 is 1.11 bits per heavy atom. The number of rotatable bonds is 5. The zero-order valence-corrected chi connectivity index (χ0v) is 11.4. The number of thiophene rings is 1. The quantitative estimate of drug-likeness (QED) is 0.810. The van der Waals surface area contributed by atoms with Gasteiger partial charge in [0.2, 0.25) is 0 Å². The van der Waals surface area contributed by atoms with E-state index in [0.29, 0.717) is 0 Å². The van der Waals surface area contributed by atoms with Crippen LogP contribution in [0.15, 0.2) is 30.3 Å². The topological polar surface area (TPSA) is 17.1 Å². The molecule has 0 aliphatic heterocycles. The molecule has 2 aromatic rings. The van der Waals surface area contributed by atoms with Gasteiger partial charge in [0.1, 0.15) is 5.78 Å². The van der Waals surface area contributed by atoms with E-state index in [1.54, 1.807) is 11.3 Å². The summed E-state index contributed by atoms with van der Waals surface area (Å²) in [7, 11) is 0. The molecule has 0 spiro atoms. The number of ketones is 1. The van der Waals surface area contributed by atoms with E-state index < -0.39 is 11.6 Å². The van der Waals surface area contributed by atoms with Crippen LogP contribution in [0.5, 0.6) is 0 Å². The molecule has 0 saturated heterocycles. The Morgan fingerprint density at radius 2 is 1.84 bits per heavy atom. The highest BCUT2D eigenvalue weighted by Gasteiger charge is 2.12.